The van der Waals surface area contributed by atoms with E-state index in [2.05, 4.69) is 6.58 Å². The molecule has 0 bridgehead atoms. The highest BCUT2D eigenvalue weighted by molar-refractivity contribution is 5.80. The van der Waals surface area contributed by atoms with Gasteiger partial charge in [0.25, 0.3) is 0 Å². The Morgan fingerprint density at radius 3 is 2.71 bits per heavy atom. The van der Waals surface area contributed by atoms with Gasteiger partial charge in [-0.1, -0.05) is 36.4 Å². The fraction of sp³-hybridized carbons (Fsp3) is 0.357. The number of cyclic esters (lactones) is 1. The molecule has 0 aliphatic carbocycles. The molecule has 0 unspecified atom stereocenters. The van der Waals surface area contributed by atoms with Crippen LogP contribution >= 0.6 is 0 Å². The summed E-state index contributed by atoms with van der Waals surface area (Å²) in [6, 6.07) is 9.66. The van der Waals surface area contributed by atoms with Crippen molar-refractivity contribution in [1.82, 2.24) is 0 Å². The molecule has 17 heavy (non-hydrogen) atoms. The van der Waals surface area contributed by atoms with Gasteiger partial charge in [0.1, 0.15) is 18.1 Å². The van der Waals surface area contributed by atoms with E-state index in [9.17, 15) is 9.90 Å². The van der Waals surface area contributed by atoms with Crippen LogP contribution in [0.4, 0.5) is 0 Å². The van der Waals surface area contributed by atoms with Gasteiger partial charge in [-0.25, -0.2) is 0 Å². The molecule has 1 fully saturated rings. The Kier molecular flexibility index (Phi) is 3.29. The fourth-order valence-corrected chi connectivity index (χ4v) is 2.29. The van der Waals surface area contributed by atoms with Gasteiger partial charge in [-0.15, -0.1) is 6.58 Å². The Bertz CT molecular complexity index is 413. The van der Waals surface area contributed by atoms with Crippen molar-refractivity contribution in [2.24, 2.45) is 5.41 Å². The van der Waals surface area contributed by atoms with Gasteiger partial charge in [0.2, 0.25) is 0 Å². The van der Waals surface area contributed by atoms with Gasteiger partial charge in [-0.3, -0.25) is 4.79 Å². The van der Waals surface area contributed by atoms with E-state index in [4.69, 9.17) is 4.74 Å². The van der Waals surface area contributed by atoms with E-state index in [1.807, 2.05) is 30.3 Å². The molecule has 1 aliphatic heterocycles. The van der Waals surface area contributed by atoms with Crippen LogP contribution in [0.5, 0.6) is 0 Å². The van der Waals surface area contributed by atoms with Crippen molar-refractivity contribution in [3.05, 3.63) is 48.6 Å². The third-order valence-corrected chi connectivity index (χ3v) is 3.29. The Morgan fingerprint density at radius 1 is 1.47 bits per heavy atom. The summed E-state index contributed by atoms with van der Waals surface area (Å²) < 4.78 is 4.97. The number of carbonyl (C=O) groups is 1. The van der Waals surface area contributed by atoms with Gasteiger partial charge in [-0.05, 0) is 18.4 Å². The van der Waals surface area contributed by atoms with Gasteiger partial charge in [0.15, 0.2) is 0 Å². The molecule has 1 heterocycles. The SMILES string of the molecule is C=CC[C@]1(Cc2ccccc2)C(=O)OC[C@H]1O. The summed E-state index contributed by atoms with van der Waals surface area (Å²) in [5, 5.41) is 10.0. The van der Waals surface area contributed by atoms with Crippen LogP contribution in [-0.4, -0.2) is 23.8 Å². The predicted molar refractivity (Wildman–Crippen MR) is 64.4 cm³/mol. The number of esters is 1. The molecule has 2 rings (SSSR count). The average Bonchev–Trinajstić information content (AvgIpc) is 2.60. The van der Waals surface area contributed by atoms with E-state index in [0.717, 1.165) is 5.56 Å². The molecule has 0 amide bonds. The first kappa shape index (κ1) is 11.9. The fourth-order valence-electron chi connectivity index (χ4n) is 2.29. The third kappa shape index (κ3) is 2.11. The maximum atomic E-state index is 11.9. The van der Waals surface area contributed by atoms with Gasteiger partial charge < -0.3 is 9.84 Å². The number of hydrogen-bond acceptors (Lipinski definition) is 3. The Labute approximate surface area is 101 Å². The molecule has 1 N–H and O–H groups in total. The van der Waals surface area contributed by atoms with Crippen LogP contribution in [0.3, 0.4) is 0 Å². The molecule has 1 saturated heterocycles. The summed E-state index contributed by atoms with van der Waals surface area (Å²) in [5.41, 5.74) is 0.163. The second-order valence-corrected chi connectivity index (χ2v) is 4.43. The smallest absolute Gasteiger partial charge is 0.315 e. The highest BCUT2D eigenvalue weighted by Crippen LogP contribution is 2.37. The van der Waals surface area contributed by atoms with Crippen molar-refractivity contribution in [2.45, 2.75) is 18.9 Å². The molecule has 1 aromatic carbocycles. The molecular formula is C14H16O3. The van der Waals surface area contributed by atoms with Crippen molar-refractivity contribution >= 4 is 5.97 Å². The lowest BCUT2D eigenvalue weighted by atomic mass is 9.75. The number of aliphatic hydroxyl groups excluding tert-OH is 1. The van der Waals surface area contributed by atoms with Crippen LogP contribution in [0.1, 0.15) is 12.0 Å². The monoisotopic (exact) mass is 232 g/mol. The lowest BCUT2D eigenvalue weighted by Crippen LogP contribution is -2.38. The maximum Gasteiger partial charge on any atom is 0.315 e. The first-order chi connectivity index (χ1) is 8.19. The van der Waals surface area contributed by atoms with Gasteiger partial charge in [-0.2, -0.15) is 0 Å². The molecule has 2 atom stereocenters. The molecular weight excluding hydrogens is 216 g/mol. The summed E-state index contributed by atoms with van der Waals surface area (Å²) in [5.74, 6) is -0.325. The number of benzene rings is 1. The Balaban J connectivity index is 2.29. The van der Waals surface area contributed by atoms with Crippen LogP contribution in [0, 0.1) is 5.41 Å². The van der Waals surface area contributed by atoms with Crippen molar-refractivity contribution in [1.29, 1.82) is 0 Å². The van der Waals surface area contributed by atoms with Crippen LogP contribution in [0.25, 0.3) is 0 Å². The Hall–Kier alpha value is -1.61. The lowest BCUT2D eigenvalue weighted by molar-refractivity contribution is -0.147. The predicted octanol–water partition coefficient (Wildman–Crippen LogP) is 1.71. The summed E-state index contributed by atoms with van der Waals surface area (Å²) in [4.78, 5) is 11.9. The minimum Gasteiger partial charge on any atom is -0.462 e. The quantitative estimate of drug-likeness (QED) is 0.635. The largest absolute Gasteiger partial charge is 0.462 e. The van der Waals surface area contributed by atoms with Crippen molar-refractivity contribution in [3.63, 3.8) is 0 Å². The van der Waals surface area contributed by atoms with Crippen LogP contribution in [0.15, 0.2) is 43.0 Å². The minimum absolute atomic E-state index is 0.0828. The van der Waals surface area contributed by atoms with E-state index < -0.39 is 11.5 Å². The van der Waals surface area contributed by atoms with Gasteiger partial charge in [0.05, 0.1) is 0 Å². The molecule has 3 nitrogen and oxygen atoms in total. The minimum atomic E-state index is -0.858. The van der Waals surface area contributed by atoms with Crippen LogP contribution in [0.2, 0.25) is 0 Å². The highest BCUT2D eigenvalue weighted by Gasteiger charge is 2.50. The van der Waals surface area contributed by atoms with E-state index in [1.54, 1.807) is 6.08 Å². The number of allylic oxidation sites excluding steroid dienone is 1. The average molecular weight is 232 g/mol. The standard InChI is InChI=1S/C14H16O3/c1-2-8-14(12(15)10-17-13(14)16)9-11-6-4-3-5-7-11/h2-7,12,15H,1,8-10H2/t12-,14-/m1/s1. The molecule has 3 heteroatoms. The molecule has 90 valence electrons. The highest BCUT2D eigenvalue weighted by atomic mass is 16.6. The zero-order chi connectivity index (χ0) is 12.3. The van der Waals surface area contributed by atoms with E-state index in [0.29, 0.717) is 12.8 Å². The zero-order valence-corrected chi connectivity index (χ0v) is 9.63. The summed E-state index contributed by atoms with van der Waals surface area (Å²) in [6.45, 7) is 3.74. The number of rotatable bonds is 4. The first-order valence-corrected chi connectivity index (χ1v) is 5.69. The third-order valence-electron chi connectivity index (χ3n) is 3.29. The number of carbonyl (C=O) groups excluding carboxylic acids is 1. The summed E-state index contributed by atoms with van der Waals surface area (Å²) in [7, 11) is 0. The molecule has 1 aromatic rings. The molecule has 0 aromatic heterocycles. The second-order valence-electron chi connectivity index (χ2n) is 4.43. The van der Waals surface area contributed by atoms with E-state index in [-0.39, 0.29) is 12.6 Å². The molecule has 0 saturated carbocycles. The summed E-state index contributed by atoms with van der Waals surface area (Å²) in [6.07, 6.45) is 1.83. The van der Waals surface area contributed by atoms with Crippen LogP contribution < -0.4 is 0 Å². The number of hydrogen-bond donors (Lipinski definition) is 1. The molecule has 0 spiro atoms. The second kappa shape index (κ2) is 4.72. The number of ether oxygens (including phenoxy) is 1. The molecule has 1 aliphatic rings. The number of aliphatic hydroxyl groups is 1. The van der Waals surface area contributed by atoms with Gasteiger partial charge in [0, 0.05) is 0 Å². The topological polar surface area (TPSA) is 46.5 Å². The maximum absolute atomic E-state index is 11.9. The van der Waals surface area contributed by atoms with Crippen LogP contribution in [-0.2, 0) is 16.0 Å². The first-order valence-electron chi connectivity index (χ1n) is 5.69. The van der Waals surface area contributed by atoms with Crippen molar-refractivity contribution in [3.8, 4) is 0 Å². The zero-order valence-electron chi connectivity index (χ0n) is 9.63. The molecule has 0 radical (unpaired) electrons. The normalized spacial score (nSPS) is 27.8. The van der Waals surface area contributed by atoms with Crippen molar-refractivity contribution < 1.29 is 14.6 Å². The van der Waals surface area contributed by atoms with E-state index >= 15 is 0 Å². The van der Waals surface area contributed by atoms with E-state index in [1.165, 1.54) is 0 Å². The van der Waals surface area contributed by atoms with Gasteiger partial charge >= 0.3 is 5.97 Å². The Morgan fingerprint density at radius 2 is 2.18 bits per heavy atom. The van der Waals surface area contributed by atoms with Crippen molar-refractivity contribution in [2.75, 3.05) is 6.61 Å². The summed E-state index contributed by atoms with van der Waals surface area (Å²) >= 11 is 0. The lowest BCUT2D eigenvalue weighted by Gasteiger charge is -2.26.